The van der Waals surface area contributed by atoms with E-state index in [-0.39, 0.29) is 17.9 Å². The van der Waals surface area contributed by atoms with Gasteiger partial charge in [-0.25, -0.2) is 0 Å². The normalized spacial score (nSPS) is 21.7. The van der Waals surface area contributed by atoms with E-state index in [1.165, 1.54) is 0 Å². The Balaban J connectivity index is 2.48. The van der Waals surface area contributed by atoms with Crippen LogP contribution in [0.1, 0.15) is 26.2 Å². The molecule has 13 heavy (non-hydrogen) atoms. The van der Waals surface area contributed by atoms with E-state index in [4.69, 9.17) is 0 Å². The average Bonchev–Trinajstić information content (AvgIpc) is 2.52. The van der Waals surface area contributed by atoms with E-state index in [1.54, 1.807) is 18.9 Å². The van der Waals surface area contributed by atoms with Crippen LogP contribution >= 0.6 is 0 Å². The van der Waals surface area contributed by atoms with Gasteiger partial charge in [0, 0.05) is 33.0 Å². The lowest BCUT2D eigenvalue weighted by Crippen LogP contribution is -2.37. The predicted molar refractivity (Wildman–Crippen MR) is 49.1 cm³/mol. The van der Waals surface area contributed by atoms with Gasteiger partial charge in [0.15, 0.2) is 0 Å². The van der Waals surface area contributed by atoms with E-state index in [0.29, 0.717) is 6.42 Å². The zero-order valence-corrected chi connectivity index (χ0v) is 8.17. The highest BCUT2D eigenvalue weighted by Crippen LogP contribution is 2.19. The molecule has 0 saturated carbocycles. The molecule has 1 aliphatic rings. The summed E-state index contributed by atoms with van der Waals surface area (Å²) in [5, 5.41) is 2.57. The second-order valence-electron chi connectivity index (χ2n) is 3.39. The predicted octanol–water partition coefficient (Wildman–Crippen LogP) is 0.133. The molecule has 4 heteroatoms. The van der Waals surface area contributed by atoms with Gasteiger partial charge in [-0.3, -0.25) is 9.59 Å². The molecule has 1 saturated heterocycles. The minimum absolute atomic E-state index is 0.0122. The maximum absolute atomic E-state index is 11.1. The highest BCUT2D eigenvalue weighted by atomic mass is 16.2. The SMILES string of the molecule is CNC(=O)C[C@@H]1CCCN1C(C)=O. The molecule has 0 aromatic rings. The Morgan fingerprint density at radius 3 is 2.77 bits per heavy atom. The molecule has 0 aliphatic carbocycles. The van der Waals surface area contributed by atoms with Crippen LogP contribution in [0, 0.1) is 0 Å². The number of hydrogen-bond donors (Lipinski definition) is 1. The van der Waals surface area contributed by atoms with Gasteiger partial charge >= 0.3 is 0 Å². The number of hydrogen-bond acceptors (Lipinski definition) is 2. The lowest BCUT2D eigenvalue weighted by atomic mass is 10.1. The second-order valence-corrected chi connectivity index (χ2v) is 3.39. The van der Waals surface area contributed by atoms with Crippen molar-refractivity contribution in [3.63, 3.8) is 0 Å². The standard InChI is InChI=1S/C9H16N2O2/c1-7(12)11-5-3-4-8(11)6-9(13)10-2/h8H,3-6H2,1-2H3,(H,10,13)/t8-/m0/s1. The molecule has 0 unspecified atom stereocenters. The first-order chi connectivity index (χ1) is 6.15. The lowest BCUT2D eigenvalue weighted by molar-refractivity contribution is -0.130. The van der Waals surface area contributed by atoms with E-state index in [1.807, 2.05) is 0 Å². The summed E-state index contributed by atoms with van der Waals surface area (Å²) in [4.78, 5) is 24.0. The Hall–Kier alpha value is -1.06. The fourth-order valence-corrected chi connectivity index (χ4v) is 1.78. The van der Waals surface area contributed by atoms with Crippen LogP contribution in [-0.2, 0) is 9.59 Å². The van der Waals surface area contributed by atoms with Crippen molar-refractivity contribution >= 4 is 11.8 Å². The van der Waals surface area contributed by atoms with E-state index in [2.05, 4.69) is 5.32 Å². The summed E-state index contributed by atoms with van der Waals surface area (Å²) in [6, 6.07) is 0.123. The molecule has 74 valence electrons. The molecule has 1 heterocycles. The summed E-state index contributed by atoms with van der Waals surface area (Å²) < 4.78 is 0. The Kier molecular flexibility index (Phi) is 3.28. The quantitative estimate of drug-likeness (QED) is 0.663. The number of likely N-dealkylation sites (tertiary alicyclic amines) is 1. The van der Waals surface area contributed by atoms with Crippen LogP contribution in [0.25, 0.3) is 0 Å². The molecule has 0 bridgehead atoms. The minimum atomic E-state index is 0.0122. The largest absolute Gasteiger partial charge is 0.359 e. The first-order valence-corrected chi connectivity index (χ1v) is 4.63. The van der Waals surface area contributed by atoms with Crippen molar-refractivity contribution in [2.75, 3.05) is 13.6 Å². The summed E-state index contributed by atoms with van der Waals surface area (Å²) >= 11 is 0. The number of rotatable bonds is 2. The number of amides is 2. The van der Waals surface area contributed by atoms with Crippen LogP contribution in [0.3, 0.4) is 0 Å². The molecule has 1 aliphatic heterocycles. The zero-order valence-electron chi connectivity index (χ0n) is 8.17. The second kappa shape index (κ2) is 4.25. The van der Waals surface area contributed by atoms with E-state index in [9.17, 15) is 9.59 Å². The van der Waals surface area contributed by atoms with Gasteiger partial charge in [-0.15, -0.1) is 0 Å². The molecule has 1 fully saturated rings. The fraction of sp³-hybridized carbons (Fsp3) is 0.778. The summed E-state index contributed by atoms with van der Waals surface area (Å²) in [6.45, 7) is 2.36. The molecular formula is C9H16N2O2. The molecular weight excluding hydrogens is 168 g/mol. The molecule has 0 aromatic carbocycles. The van der Waals surface area contributed by atoms with Gasteiger partial charge < -0.3 is 10.2 Å². The molecule has 0 radical (unpaired) electrons. The van der Waals surface area contributed by atoms with Gasteiger partial charge in [0.05, 0.1) is 0 Å². The molecule has 1 atom stereocenters. The molecule has 2 amide bonds. The monoisotopic (exact) mass is 184 g/mol. The maximum Gasteiger partial charge on any atom is 0.221 e. The highest BCUT2D eigenvalue weighted by Gasteiger charge is 2.27. The topological polar surface area (TPSA) is 49.4 Å². The van der Waals surface area contributed by atoms with Crippen molar-refractivity contribution in [1.82, 2.24) is 10.2 Å². The zero-order chi connectivity index (χ0) is 9.84. The van der Waals surface area contributed by atoms with Gasteiger partial charge in [0.1, 0.15) is 0 Å². The Bertz CT molecular complexity index is 216. The van der Waals surface area contributed by atoms with Crippen LogP contribution in [0.5, 0.6) is 0 Å². The van der Waals surface area contributed by atoms with E-state index >= 15 is 0 Å². The Morgan fingerprint density at radius 2 is 2.23 bits per heavy atom. The van der Waals surface area contributed by atoms with Crippen molar-refractivity contribution in [3.8, 4) is 0 Å². The third-order valence-electron chi connectivity index (χ3n) is 2.48. The summed E-state index contributed by atoms with van der Waals surface area (Å²) in [5.41, 5.74) is 0. The van der Waals surface area contributed by atoms with Crippen molar-refractivity contribution in [1.29, 1.82) is 0 Å². The fourth-order valence-electron chi connectivity index (χ4n) is 1.78. The Labute approximate surface area is 78.3 Å². The Morgan fingerprint density at radius 1 is 1.54 bits per heavy atom. The van der Waals surface area contributed by atoms with Gasteiger partial charge in [0.25, 0.3) is 0 Å². The number of nitrogens with one attached hydrogen (secondary N) is 1. The smallest absolute Gasteiger partial charge is 0.221 e. The highest BCUT2D eigenvalue weighted by molar-refractivity contribution is 5.78. The molecule has 0 spiro atoms. The summed E-state index contributed by atoms with van der Waals surface area (Å²) in [5.74, 6) is 0.0875. The average molecular weight is 184 g/mol. The van der Waals surface area contributed by atoms with Gasteiger partial charge in [-0.05, 0) is 12.8 Å². The van der Waals surface area contributed by atoms with Crippen LogP contribution in [-0.4, -0.2) is 36.3 Å². The van der Waals surface area contributed by atoms with Gasteiger partial charge in [0.2, 0.25) is 11.8 Å². The number of carbonyl (C=O) groups excluding carboxylic acids is 2. The molecule has 4 nitrogen and oxygen atoms in total. The van der Waals surface area contributed by atoms with Gasteiger partial charge in [-0.1, -0.05) is 0 Å². The van der Waals surface area contributed by atoms with Crippen molar-refractivity contribution < 1.29 is 9.59 Å². The van der Waals surface area contributed by atoms with Crippen LogP contribution in [0.4, 0.5) is 0 Å². The van der Waals surface area contributed by atoms with Crippen molar-refractivity contribution in [2.45, 2.75) is 32.2 Å². The van der Waals surface area contributed by atoms with Crippen LogP contribution < -0.4 is 5.32 Å². The van der Waals surface area contributed by atoms with Crippen LogP contribution in [0.15, 0.2) is 0 Å². The first kappa shape index (κ1) is 10.0. The minimum Gasteiger partial charge on any atom is -0.359 e. The first-order valence-electron chi connectivity index (χ1n) is 4.63. The van der Waals surface area contributed by atoms with Crippen LogP contribution in [0.2, 0.25) is 0 Å². The van der Waals surface area contributed by atoms with E-state index in [0.717, 1.165) is 19.4 Å². The number of carbonyl (C=O) groups is 2. The third-order valence-corrected chi connectivity index (χ3v) is 2.48. The molecule has 0 aromatic heterocycles. The van der Waals surface area contributed by atoms with Gasteiger partial charge in [-0.2, -0.15) is 0 Å². The maximum atomic E-state index is 11.1. The lowest BCUT2D eigenvalue weighted by Gasteiger charge is -2.22. The van der Waals surface area contributed by atoms with Crippen molar-refractivity contribution in [3.05, 3.63) is 0 Å². The summed E-state index contributed by atoms with van der Waals surface area (Å²) in [6.07, 6.45) is 2.41. The molecule has 1 rings (SSSR count). The van der Waals surface area contributed by atoms with E-state index < -0.39 is 0 Å². The number of nitrogens with zero attached hydrogens (tertiary/aromatic N) is 1. The third kappa shape index (κ3) is 2.44. The van der Waals surface area contributed by atoms with Crippen molar-refractivity contribution in [2.24, 2.45) is 0 Å². The molecule has 1 N–H and O–H groups in total. The summed E-state index contributed by atoms with van der Waals surface area (Å²) in [7, 11) is 1.62.